The number of rotatable bonds is 4. The Labute approximate surface area is 111 Å². The normalized spacial score (nSPS) is 17.6. The van der Waals surface area contributed by atoms with Crippen molar-refractivity contribution >= 4 is 0 Å². The number of nitrogens with one attached hydrogen (secondary N) is 1. The first-order chi connectivity index (χ1) is 8.52. The Morgan fingerprint density at radius 3 is 2.06 bits per heavy atom. The van der Waals surface area contributed by atoms with Gasteiger partial charge in [0.05, 0.1) is 13.2 Å². The van der Waals surface area contributed by atoms with Gasteiger partial charge in [0, 0.05) is 5.41 Å². The Balaban J connectivity index is 2.48. The molecule has 0 aliphatic carbocycles. The highest BCUT2D eigenvalue weighted by molar-refractivity contribution is 5.49. The molecule has 2 nitrogen and oxygen atoms in total. The Morgan fingerprint density at radius 2 is 1.67 bits per heavy atom. The zero-order chi connectivity index (χ0) is 13.3. The molecule has 1 heterocycles. The maximum atomic E-state index is 5.55. The van der Waals surface area contributed by atoms with Crippen LogP contribution in [0.4, 0.5) is 0 Å². The summed E-state index contributed by atoms with van der Waals surface area (Å²) in [6, 6.07) is 2.31. The van der Waals surface area contributed by atoms with Crippen molar-refractivity contribution in [2.24, 2.45) is 0 Å². The van der Waals surface area contributed by atoms with Crippen LogP contribution in [0.25, 0.3) is 0 Å². The number of benzene rings is 1. The molecule has 1 aromatic rings. The molecule has 1 aliphatic rings. The summed E-state index contributed by atoms with van der Waals surface area (Å²) in [4.78, 5) is 0. The van der Waals surface area contributed by atoms with Crippen LogP contribution in [-0.2, 0) is 10.2 Å². The standard InChI is InChI=1S/C16H25NO/c1-11-8-12(2)14(4)15(13(11)3)16(6-7-17-5)9-18-10-16/h8,17H,6-7,9-10H2,1-5H3. The third-order valence-corrected chi connectivity index (χ3v) is 4.51. The van der Waals surface area contributed by atoms with E-state index in [4.69, 9.17) is 4.74 Å². The lowest BCUT2D eigenvalue weighted by atomic mass is 9.70. The summed E-state index contributed by atoms with van der Waals surface area (Å²) in [6.07, 6.45) is 1.16. The van der Waals surface area contributed by atoms with Gasteiger partial charge < -0.3 is 10.1 Å². The molecule has 1 fully saturated rings. The van der Waals surface area contributed by atoms with Crippen LogP contribution < -0.4 is 5.32 Å². The van der Waals surface area contributed by atoms with Crippen LogP contribution in [0.3, 0.4) is 0 Å². The monoisotopic (exact) mass is 247 g/mol. The van der Waals surface area contributed by atoms with E-state index < -0.39 is 0 Å². The van der Waals surface area contributed by atoms with E-state index in [0.29, 0.717) is 0 Å². The predicted octanol–water partition coefficient (Wildman–Crippen LogP) is 2.80. The third kappa shape index (κ3) is 2.08. The summed E-state index contributed by atoms with van der Waals surface area (Å²) in [5.74, 6) is 0. The van der Waals surface area contributed by atoms with E-state index in [9.17, 15) is 0 Å². The van der Waals surface area contributed by atoms with Gasteiger partial charge in [0.2, 0.25) is 0 Å². The van der Waals surface area contributed by atoms with Crippen LogP contribution >= 0.6 is 0 Å². The number of hydrogen-bond donors (Lipinski definition) is 1. The van der Waals surface area contributed by atoms with Crippen LogP contribution in [0.5, 0.6) is 0 Å². The number of hydrogen-bond acceptors (Lipinski definition) is 2. The molecule has 1 aliphatic heterocycles. The van der Waals surface area contributed by atoms with Crippen molar-refractivity contribution in [1.29, 1.82) is 0 Å². The SMILES string of the molecule is CNCCC1(c2c(C)c(C)cc(C)c2C)COC1. The largest absolute Gasteiger partial charge is 0.379 e. The topological polar surface area (TPSA) is 21.3 Å². The first-order valence-electron chi connectivity index (χ1n) is 6.82. The second kappa shape index (κ2) is 5.02. The summed E-state index contributed by atoms with van der Waals surface area (Å²) in [7, 11) is 2.02. The number of aryl methyl sites for hydroxylation is 2. The molecule has 1 aromatic carbocycles. The third-order valence-electron chi connectivity index (χ3n) is 4.51. The average molecular weight is 247 g/mol. The first kappa shape index (κ1) is 13.6. The van der Waals surface area contributed by atoms with Crippen molar-refractivity contribution in [3.63, 3.8) is 0 Å². The lowest BCUT2D eigenvalue weighted by Gasteiger charge is -2.44. The van der Waals surface area contributed by atoms with Gasteiger partial charge in [-0.3, -0.25) is 0 Å². The highest BCUT2D eigenvalue weighted by atomic mass is 16.5. The van der Waals surface area contributed by atoms with E-state index in [2.05, 4.69) is 39.1 Å². The summed E-state index contributed by atoms with van der Waals surface area (Å²) in [6.45, 7) is 11.8. The second-order valence-electron chi connectivity index (χ2n) is 5.76. The van der Waals surface area contributed by atoms with Gasteiger partial charge in [0.1, 0.15) is 0 Å². The Kier molecular flexibility index (Phi) is 3.79. The second-order valence-corrected chi connectivity index (χ2v) is 5.76. The molecule has 0 unspecified atom stereocenters. The van der Waals surface area contributed by atoms with Gasteiger partial charge in [0.25, 0.3) is 0 Å². The Morgan fingerprint density at radius 1 is 1.11 bits per heavy atom. The fourth-order valence-corrected chi connectivity index (χ4v) is 3.14. The van der Waals surface area contributed by atoms with Crippen LogP contribution in [0.1, 0.15) is 34.2 Å². The molecule has 0 bridgehead atoms. The molecule has 18 heavy (non-hydrogen) atoms. The highest BCUT2D eigenvalue weighted by Crippen LogP contribution is 2.40. The van der Waals surface area contributed by atoms with E-state index in [1.165, 1.54) is 22.3 Å². The van der Waals surface area contributed by atoms with E-state index in [1.54, 1.807) is 5.56 Å². The molecule has 0 saturated carbocycles. The average Bonchev–Trinajstić information content (AvgIpc) is 2.29. The van der Waals surface area contributed by atoms with E-state index in [1.807, 2.05) is 7.05 Å². The molecule has 0 amide bonds. The molecular weight excluding hydrogens is 222 g/mol. The van der Waals surface area contributed by atoms with Crippen molar-refractivity contribution in [3.05, 3.63) is 33.9 Å². The number of ether oxygens (including phenoxy) is 1. The van der Waals surface area contributed by atoms with Gasteiger partial charge in [-0.2, -0.15) is 0 Å². The highest BCUT2D eigenvalue weighted by Gasteiger charge is 2.42. The van der Waals surface area contributed by atoms with Crippen molar-refractivity contribution < 1.29 is 4.74 Å². The van der Waals surface area contributed by atoms with Gasteiger partial charge in [-0.05, 0) is 75.5 Å². The lowest BCUT2D eigenvalue weighted by molar-refractivity contribution is -0.0644. The summed E-state index contributed by atoms with van der Waals surface area (Å²) >= 11 is 0. The Bertz CT molecular complexity index is 421. The lowest BCUT2D eigenvalue weighted by Crippen LogP contribution is -2.49. The molecule has 2 heteroatoms. The maximum Gasteiger partial charge on any atom is 0.0586 e. The van der Waals surface area contributed by atoms with Crippen molar-refractivity contribution in [2.45, 2.75) is 39.5 Å². The van der Waals surface area contributed by atoms with E-state index in [-0.39, 0.29) is 5.41 Å². The zero-order valence-electron chi connectivity index (χ0n) is 12.3. The molecule has 2 rings (SSSR count). The van der Waals surface area contributed by atoms with Gasteiger partial charge in [-0.25, -0.2) is 0 Å². The van der Waals surface area contributed by atoms with Gasteiger partial charge in [-0.15, -0.1) is 0 Å². The molecule has 0 radical (unpaired) electrons. The van der Waals surface area contributed by atoms with Crippen LogP contribution in [-0.4, -0.2) is 26.8 Å². The van der Waals surface area contributed by atoms with E-state index >= 15 is 0 Å². The van der Waals surface area contributed by atoms with Crippen molar-refractivity contribution in [1.82, 2.24) is 5.32 Å². The molecule has 0 aromatic heterocycles. The summed E-state index contributed by atoms with van der Waals surface area (Å²) in [5, 5.41) is 3.27. The van der Waals surface area contributed by atoms with Gasteiger partial charge >= 0.3 is 0 Å². The van der Waals surface area contributed by atoms with Crippen LogP contribution in [0, 0.1) is 27.7 Å². The van der Waals surface area contributed by atoms with Gasteiger partial charge in [-0.1, -0.05) is 6.07 Å². The minimum atomic E-state index is 0.244. The Hall–Kier alpha value is -0.860. The zero-order valence-corrected chi connectivity index (χ0v) is 12.3. The molecule has 0 atom stereocenters. The quantitative estimate of drug-likeness (QED) is 0.883. The van der Waals surface area contributed by atoms with Crippen LogP contribution in [0.2, 0.25) is 0 Å². The van der Waals surface area contributed by atoms with Crippen molar-refractivity contribution in [3.8, 4) is 0 Å². The minimum Gasteiger partial charge on any atom is -0.379 e. The van der Waals surface area contributed by atoms with Gasteiger partial charge in [0.15, 0.2) is 0 Å². The fourth-order valence-electron chi connectivity index (χ4n) is 3.14. The minimum absolute atomic E-state index is 0.244. The van der Waals surface area contributed by atoms with Crippen LogP contribution in [0.15, 0.2) is 6.07 Å². The molecule has 1 N–H and O–H groups in total. The molecule has 100 valence electrons. The predicted molar refractivity (Wildman–Crippen MR) is 76.4 cm³/mol. The summed E-state index contributed by atoms with van der Waals surface area (Å²) in [5.41, 5.74) is 7.51. The first-order valence-corrected chi connectivity index (χ1v) is 6.82. The van der Waals surface area contributed by atoms with E-state index in [0.717, 1.165) is 26.2 Å². The molecule has 1 saturated heterocycles. The summed E-state index contributed by atoms with van der Waals surface area (Å²) < 4.78 is 5.55. The maximum absolute atomic E-state index is 5.55. The smallest absolute Gasteiger partial charge is 0.0586 e. The van der Waals surface area contributed by atoms with Crippen molar-refractivity contribution in [2.75, 3.05) is 26.8 Å². The fraction of sp³-hybridized carbons (Fsp3) is 0.625. The molecular formula is C16H25NO. The molecule has 0 spiro atoms.